The van der Waals surface area contributed by atoms with Gasteiger partial charge in [0, 0.05) is 24.1 Å². The van der Waals surface area contributed by atoms with Crippen molar-refractivity contribution in [3.05, 3.63) is 59.4 Å². The fraction of sp³-hybridized carbons (Fsp3) is 0.278. The molecule has 0 radical (unpaired) electrons. The monoisotopic (exact) mass is 312 g/mol. The van der Waals surface area contributed by atoms with Crippen LogP contribution in [0.5, 0.6) is 0 Å². The molecule has 0 saturated heterocycles. The number of hydrogen-bond donors (Lipinski definition) is 0. The van der Waals surface area contributed by atoms with Crippen LogP contribution in [0.3, 0.4) is 0 Å². The van der Waals surface area contributed by atoms with Crippen molar-refractivity contribution >= 4 is 17.6 Å². The molecular weight excluding hydrogens is 292 g/mol. The normalized spacial score (nSPS) is 10.2. The van der Waals surface area contributed by atoms with E-state index in [2.05, 4.69) is 9.72 Å². The summed E-state index contributed by atoms with van der Waals surface area (Å²) >= 11 is 0. The van der Waals surface area contributed by atoms with E-state index in [4.69, 9.17) is 0 Å². The fourth-order valence-electron chi connectivity index (χ4n) is 2.25. The second-order valence-electron chi connectivity index (χ2n) is 5.26. The van der Waals surface area contributed by atoms with Gasteiger partial charge in [-0.15, -0.1) is 0 Å². The summed E-state index contributed by atoms with van der Waals surface area (Å²) in [7, 11) is 1.34. The van der Waals surface area contributed by atoms with E-state index in [1.54, 1.807) is 23.2 Å². The summed E-state index contributed by atoms with van der Waals surface area (Å²) in [6, 6.07) is 11.1. The highest BCUT2D eigenvalue weighted by Crippen LogP contribution is 2.22. The number of ether oxygens (including phenoxy) is 1. The number of carbonyl (C=O) groups is 2. The van der Waals surface area contributed by atoms with E-state index in [1.165, 1.54) is 7.11 Å². The first-order valence-corrected chi connectivity index (χ1v) is 7.40. The Morgan fingerprint density at radius 1 is 1.13 bits per heavy atom. The summed E-state index contributed by atoms with van der Waals surface area (Å²) in [4.78, 5) is 30.1. The molecule has 0 N–H and O–H groups in total. The second kappa shape index (κ2) is 7.54. The highest BCUT2D eigenvalue weighted by atomic mass is 16.5. The molecule has 5 heteroatoms. The number of methoxy groups -OCH3 is 1. The molecule has 0 aliphatic rings. The summed E-state index contributed by atoms with van der Waals surface area (Å²) < 4.78 is 4.68. The van der Waals surface area contributed by atoms with E-state index in [9.17, 15) is 9.59 Å². The van der Waals surface area contributed by atoms with Crippen LogP contribution < -0.4 is 4.90 Å². The molecule has 0 saturated carbocycles. The van der Waals surface area contributed by atoms with Gasteiger partial charge >= 0.3 is 5.97 Å². The maximum absolute atomic E-state index is 12.8. The molecular formula is C18H20N2O3. The minimum atomic E-state index is -0.349. The maximum Gasteiger partial charge on any atom is 0.307 e. The van der Waals surface area contributed by atoms with Crippen LogP contribution in [0, 0.1) is 13.8 Å². The molecule has 0 aliphatic heterocycles. The molecule has 1 amide bonds. The number of benzene rings is 1. The Morgan fingerprint density at radius 3 is 2.48 bits per heavy atom. The van der Waals surface area contributed by atoms with Crippen molar-refractivity contribution < 1.29 is 14.3 Å². The van der Waals surface area contributed by atoms with Gasteiger partial charge in [0.05, 0.1) is 19.1 Å². The zero-order chi connectivity index (χ0) is 16.8. The van der Waals surface area contributed by atoms with Gasteiger partial charge in [0.15, 0.2) is 0 Å². The predicted molar refractivity (Wildman–Crippen MR) is 88.5 cm³/mol. The molecule has 0 spiro atoms. The minimum absolute atomic E-state index is 0.135. The van der Waals surface area contributed by atoms with Gasteiger partial charge in [-0.25, -0.2) is 0 Å². The molecule has 1 aromatic heterocycles. The molecule has 0 fully saturated rings. The van der Waals surface area contributed by atoms with E-state index in [-0.39, 0.29) is 24.8 Å². The van der Waals surface area contributed by atoms with Crippen molar-refractivity contribution in [3.63, 3.8) is 0 Å². The number of para-hydroxylation sites is 1. The average Bonchev–Trinajstić information content (AvgIpc) is 2.56. The molecule has 0 bridgehead atoms. The summed E-state index contributed by atoms with van der Waals surface area (Å²) in [6.07, 6.45) is 1.69. The number of aryl methyl sites for hydroxylation is 2. The van der Waals surface area contributed by atoms with Crippen molar-refractivity contribution in [3.8, 4) is 0 Å². The van der Waals surface area contributed by atoms with Gasteiger partial charge in [-0.3, -0.25) is 14.6 Å². The predicted octanol–water partition coefficient (Wildman–Crippen LogP) is 2.91. The Kier molecular flexibility index (Phi) is 5.46. The molecule has 1 aromatic carbocycles. The molecule has 0 aliphatic carbocycles. The first-order chi connectivity index (χ1) is 11.0. The summed E-state index contributed by atoms with van der Waals surface area (Å²) in [5.74, 6) is -0.533. The number of hydrogen-bond acceptors (Lipinski definition) is 4. The number of nitrogens with zero attached hydrogens (tertiary/aromatic N) is 2. The Hall–Kier alpha value is -2.69. The Morgan fingerprint density at radius 2 is 1.87 bits per heavy atom. The number of aromatic nitrogens is 1. The van der Waals surface area contributed by atoms with Crippen molar-refractivity contribution in [1.29, 1.82) is 0 Å². The second-order valence-corrected chi connectivity index (χ2v) is 5.26. The van der Waals surface area contributed by atoms with Crippen LogP contribution in [-0.2, 0) is 9.53 Å². The zero-order valence-corrected chi connectivity index (χ0v) is 13.6. The number of esters is 1. The van der Waals surface area contributed by atoms with E-state index in [0.717, 1.165) is 16.9 Å². The standard InChI is InChI=1S/C18H20N2O3/c1-13-6-4-5-7-16(13)20(11-10-17(21)23-3)18(22)15-9-8-14(2)19-12-15/h4-9,12H,10-11H2,1-3H3. The minimum Gasteiger partial charge on any atom is -0.469 e. The van der Waals surface area contributed by atoms with Crippen molar-refractivity contribution in [2.45, 2.75) is 20.3 Å². The van der Waals surface area contributed by atoms with Gasteiger partial charge in [-0.05, 0) is 37.6 Å². The maximum atomic E-state index is 12.8. The van der Waals surface area contributed by atoms with Gasteiger partial charge in [-0.2, -0.15) is 0 Å². The first kappa shape index (κ1) is 16.7. The molecule has 1 heterocycles. The third-order valence-electron chi connectivity index (χ3n) is 3.58. The summed E-state index contributed by atoms with van der Waals surface area (Å²) in [6.45, 7) is 4.05. The van der Waals surface area contributed by atoms with Crippen molar-refractivity contribution in [2.24, 2.45) is 0 Å². The molecule has 2 rings (SSSR count). The lowest BCUT2D eigenvalue weighted by molar-refractivity contribution is -0.140. The van der Waals surface area contributed by atoms with Crippen LogP contribution in [0.4, 0.5) is 5.69 Å². The smallest absolute Gasteiger partial charge is 0.307 e. The number of carbonyl (C=O) groups excluding carboxylic acids is 2. The summed E-state index contributed by atoms with van der Waals surface area (Å²) in [5.41, 5.74) is 3.08. The molecule has 0 unspecified atom stereocenters. The van der Waals surface area contributed by atoms with Gasteiger partial charge in [0.2, 0.25) is 0 Å². The third-order valence-corrected chi connectivity index (χ3v) is 3.58. The number of amides is 1. The fourth-order valence-corrected chi connectivity index (χ4v) is 2.25. The lowest BCUT2D eigenvalue weighted by atomic mass is 10.1. The lowest BCUT2D eigenvalue weighted by Crippen LogP contribution is -2.33. The Balaban J connectivity index is 2.32. The van der Waals surface area contributed by atoms with Gasteiger partial charge < -0.3 is 9.64 Å². The molecule has 5 nitrogen and oxygen atoms in total. The average molecular weight is 312 g/mol. The lowest BCUT2D eigenvalue weighted by Gasteiger charge is -2.24. The first-order valence-electron chi connectivity index (χ1n) is 7.40. The van der Waals surface area contributed by atoms with Crippen LogP contribution in [0.25, 0.3) is 0 Å². The third kappa shape index (κ3) is 4.16. The SMILES string of the molecule is COC(=O)CCN(C(=O)c1ccc(C)nc1)c1ccccc1C. The zero-order valence-electron chi connectivity index (χ0n) is 13.6. The van der Waals surface area contributed by atoms with Crippen LogP contribution in [0.2, 0.25) is 0 Å². The van der Waals surface area contributed by atoms with E-state index >= 15 is 0 Å². The number of pyridine rings is 1. The van der Waals surface area contributed by atoms with E-state index < -0.39 is 0 Å². The van der Waals surface area contributed by atoms with E-state index in [1.807, 2.05) is 38.1 Å². The van der Waals surface area contributed by atoms with Crippen molar-refractivity contribution in [2.75, 3.05) is 18.6 Å². The number of rotatable bonds is 5. The van der Waals surface area contributed by atoms with Gasteiger partial charge in [-0.1, -0.05) is 18.2 Å². The highest BCUT2D eigenvalue weighted by molar-refractivity contribution is 6.06. The van der Waals surface area contributed by atoms with Crippen LogP contribution in [-0.4, -0.2) is 30.5 Å². The highest BCUT2D eigenvalue weighted by Gasteiger charge is 2.20. The number of anilines is 1. The largest absolute Gasteiger partial charge is 0.469 e. The van der Waals surface area contributed by atoms with Crippen LogP contribution in [0.1, 0.15) is 28.0 Å². The Bertz CT molecular complexity index is 696. The topological polar surface area (TPSA) is 59.5 Å². The molecule has 0 atom stereocenters. The Labute approximate surface area is 135 Å². The van der Waals surface area contributed by atoms with Crippen LogP contribution >= 0.6 is 0 Å². The molecule has 2 aromatic rings. The molecule has 23 heavy (non-hydrogen) atoms. The molecule has 120 valence electrons. The summed E-state index contributed by atoms with van der Waals surface area (Å²) in [5, 5.41) is 0. The van der Waals surface area contributed by atoms with Gasteiger partial charge in [0.25, 0.3) is 5.91 Å². The van der Waals surface area contributed by atoms with Crippen LogP contribution in [0.15, 0.2) is 42.6 Å². The van der Waals surface area contributed by atoms with E-state index in [0.29, 0.717) is 5.56 Å². The van der Waals surface area contributed by atoms with Crippen molar-refractivity contribution in [1.82, 2.24) is 4.98 Å². The van der Waals surface area contributed by atoms with Gasteiger partial charge in [0.1, 0.15) is 0 Å². The quantitative estimate of drug-likeness (QED) is 0.797.